The average Bonchev–Trinajstić information content (AvgIpc) is 2.50. The predicted octanol–water partition coefficient (Wildman–Crippen LogP) is 0.680. The molecule has 0 aromatic carbocycles. The highest BCUT2D eigenvalue weighted by Gasteiger charge is 2.10. The molecular formula is C8H10N4O. The Balaban J connectivity index is 2.87. The van der Waals surface area contributed by atoms with E-state index in [0.717, 1.165) is 16.7 Å². The number of ether oxygens (including phenoxy) is 1. The monoisotopic (exact) mass is 178 g/mol. The number of methoxy groups -OCH3 is 1. The highest BCUT2D eigenvalue weighted by Crippen LogP contribution is 2.21. The zero-order valence-electron chi connectivity index (χ0n) is 7.77. The second kappa shape index (κ2) is 2.69. The van der Waals surface area contributed by atoms with Crippen LogP contribution in [0.5, 0.6) is 5.88 Å². The molecule has 2 heterocycles. The fourth-order valence-electron chi connectivity index (χ4n) is 1.37. The van der Waals surface area contributed by atoms with E-state index in [-0.39, 0.29) is 0 Å². The fourth-order valence-corrected chi connectivity index (χ4v) is 1.37. The Kier molecular flexibility index (Phi) is 1.65. The molecule has 0 aliphatic rings. The van der Waals surface area contributed by atoms with Crippen molar-refractivity contribution in [2.24, 2.45) is 7.05 Å². The fraction of sp³-hybridized carbons (Fsp3) is 0.375. The molecule has 0 saturated heterocycles. The Morgan fingerprint density at radius 3 is 2.85 bits per heavy atom. The summed E-state index contributed by atoms with van der Waals surface area (Å²) < 4.78 is 6.95. The van der Waals surface area contributed by atoms with Crippen LogP contribution in [0.1, 0.15) is 5.69 Å². The van der Waals surface area contributed by atoms with Crippen molar-refractivity contribution < 1.29 is 4.74 Å². The van der Waals surface area contributed by atoms with Gasteiger partial charge in [0.05, 0.1) is 24.6 Å². The van der Waals surface area contributed by atoms with Gasteiger partial charge in [-0.15, -0.1) is 10.2 Å². The summed E-state index contributed by atoms with van der Waals surface area (Å²) in [5.41, 5.74) is 2.58. The zero-order valence-corrected chi connectivity index (χ0v) is 7.77. The normalized spacial score (nSPS) is 10.7. The van der Waals surface area contributed by atoms with E-state index in [0.29, 0.717) is 5.88 Å². The van der Waals surface area contributed by atoms with Crippen LogP contribution >= 0.6 is 0 Å². The van der Waals surface area contributed by atoms with Crippen LogP contribution in [0, 0.1) is 6.92 Å². The lowest BCUT2D eigenvalue weighted by atomic mass is 10.3. The summed E-state index contributed by atoms with van der Waals surface area (Å²) in [4.78, 5) is 4.19. The lowest BCUT2D eigenvalue weighted by molar-refractivity contribution is 0.396. The van der Waals surface area contributed by atoms with Gasteiger partial charge in [-0.05, 0) is 6.92 Å². The van der Waals surface area contributed by atoms with Crippen LogP contribution in [-0.2, 0) is 7.05 Å². The van der Waals surface area contributed by atoms with E-state index in [4.69, 9.17) is 4.74 Å². The molecule has 0 amide bonds. The number of imidazole rings is 1. The smallest absolute Gasteiger partial charge is 0.261 e. The van der Waals surface area contributed by atoms with Crippen LogP contribution in [0.25, 0.3) is 11.0 Å². The van der Waals surface area contributed by atoms with Gasteiger partial charge in [-0.3, -0.25) is 0 Å². The van der Waals surface area contributed by atoms with E-state index in [1.54, 1.807) is 13.4 Å². The first-order valence-electron chi connectivity index (χ1n) is 3.92. The van der Waals surface area contributed by atoms with Gasteiger partial charge in [0.15, 0.2) is 5.52 Å². The van der Waals surface area contributed by atoms with Gasteiger partial charge < -0.3 is 9.30 Å². The van der Waals surface area contributed by atoms with E-state index < -0.39 is 0 Å². The molecule has 68 valence electrons. The van der Waals surface area contributed by atoms with Crippen molar-refractivity contribution in [3.63, 3.8) is 0 Å². The van der Waals surface area contributed by atoms with Crippen LogP contribution in [0.3, 0.4) is 0 Å². The Morgan fingerprint density at radius 2 is 2.15 bits per heavy atom. The van der Waals surface area contributed by atoms with Crippen molar-refractivity contribution in [2.75, 3.05) is 7.11 Å². The minimum absolute atomic E-state index is 0.473. The third-order valence-corrected chi connectivity index (χ3v) is 1.97. The van der Waals surface area contributed by atoms with Gasteiger partial charge in [0.25, 0.3) is 5.88 Å². The maximum atomic E-state index is 5.05. The van der Waals surface area contributed by atoms with E-state index in [1.807, 2.05) is 18.5 Å². The van der Waals surface area contributed by atoms with Gasteiger partial charge in [-0.1, -0.05) is 0 Å². The van der Waals surface area contributed by atoms with Crippen molar-refractivity contribution in [1.29, 1.82) is 0 Å². The largest absolute Gasteiger partial charge is 0.478 e. The maximum absolute atomic E-state index is 5.05. The lowest BCUT2D eigenvalue weighted by Crippen LogP contribution is -1.96. The highest BCUT2D eigenvalue weighted by molar-refractivity contribution is 5.81. The molecule has 0 aliphatic carbocycles. The molecule has 0 spiro atoms. The molecule has 13 heavy (non-hydrogen) atoms. The summed E-state index contributed by atoms with van der Waals surface area (Å²) in [6.45, 7) is 1.90. The molecular weight excluding hydrogens is 168 g/mol. The highest BCUT2D eigenvalue weighted by atomic mass is 16.5. The van der Waals surface area contributed by atoms with Gasteiger partial charge in [-0.25, -0.2) is 4.98 Å². The number of fused-ring (bicyclic) bond motifs is 1. The minimum atomic E-state index is 0.473. The number of hydrogen-bond donors (Lipinski definition) is 0. The molecule has 0 unspecified atom stereocenters. The SMILES string of the molecule is COc1nnc(C)c2c1ncn2C. The molecule has 2 rings (SSSR count). The molecule has 0 bridgehead atoms. The van der Waals surface area contributed by atoms with Gasteiger partial charge >= 0.3 is 0 Å². The molecule has 0 saturated carbocycles. The van der Waals surface area contributed by atoms with E-state index in [2.05, 4.69) is 15.2 Å². The van der Waals surface area contributed by atoms with E-state index >= 15 is 0 Å². The molecule has 5 heteroatoms. The summed E-state index contributed by atoms with van der Waals surface area (Å²) in [5, 5.41) is 7.87. The molecule has 5 nitrogen and oxygen atoms in total. The van der Waals surface area contributed by atoms with Crippen LogP contribution < -0.4 is 4.74 Å². The first-order chi connectivity index (χ1) is 6.24. The number of aromatic nitrogens is 4. The van der Waals surface area contributed by atoms with Crippen molar-refractivity contribution in [3.05, 3.63) is 12.0 Å². The Labute approximate surface area is 75.4 Å². The molecule has 0 aliphatic heterocycles. The van der Waals surface area contributed by atoms with Gasteiger partial charge in [0.1, 0.15) is 0 Å². The van der Waals surface area contributed by atoms with Crippen LogP contribution in [0.15, 0.2) is 6.33 Å². The van der Waals surface area contributed by atoms with E-state index in [9.17, 15) is 0 Å². The van der Waals surface area contributed by atoms with Crippen molar-refractivity contribution in [2.45, 2.75) is 6.92 Å². The number of aryl methyl sites for hydroxylation is 2. The van der Waals surface area contributed by atoms with Crippen LogP contribution in [0.4, 0.5) is 0 Å². The Hall–Kier alpha value is -1.65. The maximum Gasteiger partial charge on any atom is 0.261 e. The molecule has 2 aromatic rings. The molecule has 2 aromatic heterocycles. The molecule has 0 fully saturated rings. The third kappa shape index (κ3) is 1.04. The summed E-state index contributed by atoms with van der Waals surface area (Å²) >= 11 is 0. The van der Waals surface area contributed by atoms with Crippen LogP contribution in [0.2, 0.25) is 0 Å². The number of nitrogens with zero attached hydrogens (tertiary/aromatic N) is 4. The first kappa shape index (κ1) is 7.97. The molecule has 0 N–H and O–H groups in total. The Morgan fingerprint density at radius 1 is 1.38 bits per heavy atom. The van der Waals surface area contributed by atoms with Gasteiger partial charge in [0.2, 0.25) is 0 Å². The number of rotatable bonds is 1. The Bertz CT molecular complexity index is 449. The average molecular weight is 178 g/mol. The number of hydrogen-bond acceptors (Lipinski definition) is 4. The zero-order chi connectivity index (χ0) is 9.42. The van der Waals surface area contributed by atoms with Crippen molar-refractivity contribution >= 4 is 11.0 Å². The van der Waals surface area contributed by atoms with Crippen molar-refractivity contribution in [3.8, 4) is 5.88 Å². The molecule has 0 radical (unpaired) electrons. The summed E-state index contributed by atoms with van der Waals surface area (Å²) in [5.74, 6) is 0.473. The van der Waals surface area contributed by atoms with Gasteiger partial charge in [0, 0.05) is 7.05 Å². The second-order valence-corrected chi connectivity index (χ2v) is 2.85. The second-order valence-electron chi connectivity index (χ2n) is 2.85. The quantitative estimate of drug-likeness (QED) is 0.644. The van der Waals surface area contributed by atoms with E-state index in [1.165, 1.54) is 0 Å². The first-order valence-corrected chi connectivity index (χ1v) is 3.92. The van der Waals surface area contributed by atoms with Crippen LogP contribution in [-0.4, -0.2) is 26.9 Å². The lowest BCUT2D eigenvalue weighted by Gasteiger charge is -2.01. The topological polar surface area (TPSA) is 52.8 Å². The summed E-state index contributed by atoms with van der Waals surface area (Å²) in [7, 11) is 3.48. The standard InChI is InChI=1S/C8H10N4O/c1-5-7-6(9-4-12(7)2)8(13-3)11-10-5/h4H,1-3H3. The summed E-state index contributed by atoms with van der Waals surface area (Å²) in [6, 6.07) is 0. The third-order valence-electron chi connectivity index (χ3n) is 1.97. The minimum Gasteiger partial charge on any atom is -0.478 e. The van der Waals surface area contributed by atoms with Crippen molar-refractivity contribution in [1.82, 2.24) is 19.7 Å². The molecule has 0 atom stereocenters. The van der Waals surface area contributed by atoms with Gasteiger partial charge in [-0.2, -0.15) is 0 Å². The predicted molar refractivity (Wildman–Crippen MR) is 47.6 cm³/mol. The summed E-state index contributed by atoms with van der Waals surface area (Å²) in [6.07, 6.45) is 1.73.